The summed E-state index contributed by atoms with van der Waals surface area (Å²) in [5, 5.41) is 0.323. The largest absolute Gasteiger partial charge is 0.486 e. The monoisotopic (exact) mass is 381 g/mol. The number of esters is 1. The van der Waals surface area contributed by atoms with Crippen molar-refractivity contribution in [3.63, 3.8) is 0 Å². The second kappa shape index (κ2) is 7.96. The molecule has 1 aromatic carbocycles. The molecule has 0 radical (unpaired) electrons. The predicted molar refractivity (Wildman–Crippen MR) is 88.2 cm³/mol. The van der Waals surface area contributed by atoms with Gasteiger partial charge in [0.25, 0.3) is 0 Å². The fourth-order valence-electron chi connectivity index (χ4n) is 1.67. The van der Waals surface area contributed by atoms with Crippen molar-refractivity contribution in [3.8, 4) is 5.75 Å². The van der Waals surface area contributed by atoms with E-state index < -0.39 is 5.97 Å². The molecule has 0 aliphatic heterocycles. The van der Waals surface area contributed by atoms with Crippen LogP contribution in [0.5, 0.6) is 5.75 Å². The number of carbonyl (C=O) groups is 1. The molecule has 4 nitrogen and oxygen atoms in total. The van der Waals surface area contributed by atoms with Gasteiger partial charge in [0.15, 0.2) is 5.75 Å². The number of hydrogen-bond acceptors (Lipinski definition) is 4. The van der Waals surface area contributed by atoms with E-state index >= 15 is 0 Å². The zero-order valence-electron chi connectivity index (χ0n) is 11.6. The van der Waals surface area contributed by atoms with E-state index in [0.29, 0.717) is 27.4 Å². The quantitative estimate of drug-likeness (QED) is 0.548. The van der Waals surface area contributed by atoms with Gasteiger partial charge >= 0.3 is 5.97 Å². The highest BCUT2D eigenvalue weighted by Gasteiger charge is 2.14. The number of rotatable bonds is 6. The Morgan fingerprint density at radius 1 is 1.45 bits per heavy atom. The van der Waals surface area contributed by atoms with E-state index in [9.17, 15) is 4.79 Å². The van der Waals surface area contributed by atoms with Crippen LogP contribution in [-0.2, 0) is 11.3 Å². The Kier molecular flexibility index (Phi) is 5.98. The number of benzene rings is 1. The van der Waals surface area contributed by atoms with Gasteiger partial charge in [-0.3, -0.25) is 4.98 Å². The first-order valence-electron chi connectivity index (χ1n) is 6.40. The minimum atomic E-state index is -0.471. The summed E-state index contributed by atoms with van der Waals surface area (Å²) in [6.07, 6.45) is 4.90. The average Bonchev–Trinajstić information content (AvgIpc) is 2.52. The molecule has 22 heavy (non-hydrogen) atoms. The van der Waals surface area contributed by atoms with Crippen molar-refractivity contribution in [1.29, 1.82) is 0 Å². The third-order valence-electron chi connectivity index (χ3n) is 2.67. The van der Waals surface area contributed by atoms with Crippen LogP contribution in [0.15, 0.2) is 53.8 Å². The molecule has 0 unspecified atom stereocenters. The Balaban J connectivity index is 2.13. The molecule has 0 spiro atoms. The highest BCUT2D eigenvalue weighted by atomic mass is 79.9. The van der Waals surface area contributed by atoms with Crippen molar-refractivity contribution in [1.82, 2.24) is 4.98 Å². The van der Waals surface area contributed by atoms with Crippen LogP contribution in [0.25, 0.3) is 0 Å². The lowest BCUT2D eigenvalue weighted by Crippen LogP contribution is -2.06. The molecule has 0 saturated carbocycles. The molecule has 0 fully saturated rings. The zero-order valence-corrected chi connectivity index (χ0v) is 13.9. The fourth-order valence-corrected chi connectivity index (χ4v) is 2.64. The number of pyridine rings is 1. The van der Waals surface area contributed by atoms with Gasteiger partial charge in [-0.1, -0.05) is 30.3 Å². The minimum Gasteiger partial charge on any atom is -0.486 e. The summed E-state index contributed by atoms with van der Waals surface area (Å²) >= 11 is 9.54. The lowest BCUT2D eigenvalue weighted by atomic mass is 10.2. The zero-order chi connectivity index (χ0) is 15.9. The second-order valence-electron chi connectivity index (χ2n) is 4.31. The van der Waals surface area contributed by atoms with E-state index in [1.165, 1.54) is 12.1 Å². The Morgan fingerprint density at radius 3 is 2.91 bits per heavy atom. The van der Waals surface area contributed by atoms with Gasteiger partial charge in [-0.05, 0) is 34.1 Å². The summed E-state index contributed by atoms with van der Waals surface area (Å²) in [4.78, 5) is 15.8. The second-order valence-corrected chi connectivity index (χ2v) is 5.57. The van der Waals surface area contributed by atoms with Gasteiger partial charge in [0.2, 0.25) is 0 Å². The van der Waals surface area contributed by atoms with Gasteiger partial charge in [-0.15, -0.1) is 0 Å². The molecule has 114 valence electrons. The molecule has 2 aromatic rings. The van der Waals surface area contributed by atoms with Crippen molar-refractivity contribution in [3.05, 3.63) is 69.9 Å². The van der Waals surface area contributed by atoms with E-state index in [0.717, 1.165) is 5.56 Å². The highest BCUT2D eigenvalue weighted by Crippen LogP contribution is 2.35. The first-order chi connectivity index (χ1) is 10.6. The average molecular weight is 383 g/mol. The Bertz CT molecular complexity index is 653. The number of hydrogen-bond donors (Lipinski definition) is 0. The first kappa shape index (κ1) is 16.5. The SMILES string of the molecule is C=CCOC(=O)c1cc(Cl)c(OCc2cccnc2)c(Br)c1. The molecular weight excluding hydrogens is 370 g/mol. The number of aromatic nitrogens is 1. The van der Waals surface area contributed by atoms with Crippen LogP contribution in [0.2, 0.25) is 5.02 Å². The Labute approximate surface area is 141 Å². The van der Waals surface area contributed by atoms with Crippen molar-refractivity contribution in [2.45, 2.75) is 6.61 Å². The van der Waals surface area contributed by atoms with E-state index in [-0.39, 0.29) is 6.61 Å². The molecule has 0 amide bonds. The minimum absolute atomic E-state index is 0.146. The van der Waals surface area contributed by atoms with Gasteiger partial charge < -0.3 is 9.47 Å². The highest BCUT2D eigenvalue weighted by molar-refractivity contribution is 9.10. The maximum atomic E-state index is 11.8. The number of carbonyl (C=O) groups excluding carboxylic acids is 1. The topological polar surface area (TPSA) is 48.4 Å². The van der Waals surface area contributed by atoms with Gasteiger partial charge in [0.05, 0.1) is 15.1 Å². The third-order valence-corrected chi connectivity index (χ3v) is 3.54. The van der Waals surface area contributed by atoms with Crippen LogP contribution in [0.3, 0.4) is 0 Å². The molecule has 0 aliphatic carbocycles. The summed E-state index contributed by atoms with van der Waals surface area (Å²) in [7, 11) is 0. The summed E-state index contributed by atoms with van der Waals surface area (Å²) in [5.74, 6) is -0.00732. The standard InChI is InChI=1S/C16H13BrClNO3/c1-2-6-21-16(20)12-7-13(17)15(14(18)8-12)22-10-11-4-3-5-19-9-11/h2-5,7-9H,1,6,10H2. The van der Waals surface area contributed by atoms with Crippen molar-refractivity contribution >= 4 is 33.5 Å². The molecule has 6 heteroatoms. The molecule has 0 aliphatic rings. The van der Waals surface area contributed by atoms with Crippen LogP contribution >= 0.6 is 27.5 Å². The molecule has 0 atom stereocenters. The van der Waals surface area contributed by atoms with Gasteiger partial charge in [-0.2, -0.15) is 0 Å². The normalized spacial score (nSPS) is 10.1. The first-order valence-corrected chi connectivity index (χ1v) is 7.57. The van der Waals surface area contributed by atoms with E-state index in [1.807, 2.05) is 12.1 Å². The van der Waals surface area contributed by atoms with Gasteiger partial charge in [0.1, 0.15) is 13.2 Å². The van der Waals surface area contributed by atoms with Crippen LogP contribution in [0.4, 0.5) is 0 Å². The van der Waals surface area contributed by atoms with Crippen molar-refractivity contribution < 1.29 is 14.3 Å². The van der Waals surface area contributed by atoms with E-state index in [2.05, 4.69) is 27.5 Å². The molecule has 2 rings (SSSR count). The number of ether oxygens (including phenoxy) is 2. The Morgan fingerprint density at radius 2 is 2.27 bits per heavy atom. The summed E-state index contributed by atoms with van der Waals surface area (Å²) in [6, 6.07) is 6.84. The predicted octanol–water partition coefficient (Wildman–Crippen LogP) is 4.42. The maximum absolute atomic E-state index is 11.8. The van der Waals surface area contributed by atoms with Crippen LogP contribution in [0, 0.1) is 0 Å². The number of halogens is 2. The van der Waals surface area contributed by atoms with Crippen LogP contribution < -0.4 is 4.74 Å². The summed E-state index contributed by atoms with van der Waals surface area (Å²) < 4.78 is 11.2. The fraction of sp³-hybridized carbons (Fsp3) is 0.125. The van der Waals surface area contributed by atoms with Gasteiger partial charge in [0, 0.05) is 18.0 Å². The molecule has 0 N–H and O–H groups in total. The maximum Gasteiger partial charge on any atom is 0.338 e. The molecular formula is C16H13BrClNO3. The van der Waals surface area contributed by atoms with Crippen molar-refractivity contribution in [2.75, 3.05) is 6.61 Å². The van der Waals surface area contributed by atoms with Crippen LogP contribution in [-0.4, -0.2) is 17.6 Å². The van der Waals surface area contributed by atoms with E-state index in [1.54, 1.807) is 18.5 Å². The van der Waals surface area contributed by atoms with Gasteiger partial charge in [-0.25, -0.2) is 4.79 Å². The third kappa shape index (κ3) is 4.32. The molecule has 1 heterocycles. The van der Waals surface area contributed by atoms with Crippen LogP contribution in [0.1, 0.15) is 15.9 Å². The lowest BCUT2D eigenvalue weighted by molar-refractivity contribution is 0.0549. The smallest absolute Gasteiger partial charge is 0.338 e. The van der Waals surface area contributed by atoms with E-state index in [4.69, 9.17) is 21.1 Å². The summed E-state index contributed by atoms with van der Waals surface area (Å²) in [5.41, 5.74) is 1.26. The number of nitrogens with zero attached hydrogens (tertiary/aromatic N) is 1. The summed E-state index contributed by atoms with van der Waals surface area (Å²) in [6.45, 7) is 3.96. The molecule has 0 saturated heterocycles. The van der Waals surface area contributed by atoms with Crippen molar-refractivity contribution in [2.24, 2.45) is 0 Å². The lowest BCUT2D eigenvalue weighted by Gasteiger charge is -2.11. The Hall–Kier alpha value is -1.85. The molecule has 1 aromatic heterocycles. The molecule has 0 bridgehead atoms.